The molecule has 0 aliphatic carbocycles. The van der Waals surface area contributed by atoms with Gasteiger partial charge in [0.2, 0.25) is 59.1 Å². The van der Waals surface area contributed by atoms with E-state index in [-0.39, 0.29) is 96.6 Å². The van der Waals surface area contributed by atoms with Crippen molar-refractivity contribution in [1.82, 2.24) is 63.0 Å². The molecule has 0 unspecified atom stereocenters. The van der Waals surface area contributed by atoms with Crippen molar-refractivity contribution in [3.63, 3.8) is 0 Å². The highest BCUT2D eigenvalue weighted by Crippen LogP contribution is 2.09. The molecule has 0 spiro atoms. The van der Waals surface area contributed by atoms with Crippen molar-refractivity contribution in [3.8, 4) is 0 Å². The molecule has 10 amide bonds. The van der Waals surface area contributed by atoms with Crippen LogP contribution in [0.3, 0.4) is 0 Å². The molecular weight excluding hydrogens is 1490 g/mol. The Hall–Kier alpha value is -8.10. The molecule has 0 aliphatic rings. The zero-order valence-electron chi connectivity index (χ0n) is 69.1. The average Bonchev–Trinajstić information content (AvgIpc) is 0.887. The van der Waals surface area contributed by atoms with E-state index in [1.165, 1.54) is 63.3 Å². The van der Waals surface area contributed by atoms with Gasteiger partial charge in [-0.1, -0.05) is 72.7 Å². The van der Waals surface area contributed by atoms with Crippen molar-refractivity contribution in [2.75, 3.05) is 175 Å². The fourth-order valence-corrected chi connectivity index (χ4v) is 7.16. The van der Waals surface area contributed by atoms with Crippen LogP contribution < -0.4 is 78.0 Å². The van der Waals surface area contributed by atoms with Gasteiger partial charge in [-0.25, -0.2) is 0 Å². The second-order valence-electron chi connectivity index (χ2n) is 27.3. The summed E-state index contributed by atoms with van der Waals surface area (Å²) in [5.74, 6) is -2.68. The highest BCUT2D eigenvalue weighted by Gasteiger charge is 2.29. The molecule has 16 N–H and O–H groups in total. The van der Waals surface area contributed by atoms with Gasteiger partial charge >= 0.3 is 0 Å². The molecule has 36 heteroatoms. The summed E-state index contributed by atoms with van der Waals surface area (Å²) in [7, 11) is 16.5. The van der Waals surface area contributed by atoms with Crippen LogP contribution in [0.2, 0.25) is 0 Å². The lowest BCUT2D eigenvalue weighted by atomic mass is 9.98. The number of quaternary nitrogens is 2. The smallest absolute Gasteiger partial charge is 0.267 e. The zero-order chi connectivity index (χ0) is 87.0. The molecule has 0 aromatic heterocycles. The Morgan fingerprint density at radius 3 is 0.936 bits per heavy atom. The Morgan fingerprint density at radius 1 is 0.382 bits per heavy atom. The molecule has 0 rings (SSSR count). The van der Waals surface area contributed by atoms with E-state index < -0.39 is 64.1 Å². The summed E-state index contributed by atoms with van der Waals surface area (Å²) in [5.41, 5.74) is -2.94. The van der Waals surface area contributed by atoms with E-state index in [0.717, 1.165) is 85.7 Å². The maximum atomic E-state index is 10.9. The molecule has 642 valence electrons. The van der Waals surface area contributed by atoms with E-state index in [9.17, 15) is 61.2 Å². The van der Waals surface area contributed by atoms with Crippen molar-refractivity contribution in [2.24, 2.45) is 0 Å². The van der Waals surface area contributed by atoms with Gasteiger partial charge < -0.3 is 122 Å². The topological polar surface area (TPSA) is 470 Å². The monoisotopic (exact) mass is 1630 g/mol. The lowest BCUT2D eigenvalue weighted by molar-refractivity contribution is -0.870. The Morgan fingerprint density at radius 2 is 0.664 bits per heavy atom. The van der Waals surface area contributed by atoms with Crippen LogP contribution in [0.25, 0.3) is 0 Å². The SMILES string of the molecule is C=CC(=O)NC(C)(C)CC.C=CC(=O)NC(C)(C)CC(C)=O.C=CC(=O)NC(C)(C)CS(=O)(=O)O.C=CC(=O)NC(CO)(CO)CO.C=CC(=O)NCCCN(C)C.C=CC(=O)NCCCO.C=CC(=O)NCCC[N+](C)(C)C.C=CC(=O)NCCN(C)C.C=CC(=O)NCCO.C=CC(=O)NCC[N+](C)(C)C.[Cl-].[Cl-]. The number of rotatable bonds is 41. The number of carbonyl (C=O) groups excluding carboxylic acids is 11. The number of nitrogens with zero attached hydrogens (tertiary/aromatic N) is 4. The van der Waals surface area contributed by atoms with Crippen LogP contribution in [0.15, 0.2) is 127 Å². The Bertz CT molecular complexity index is 2780. The third-order valence-electron chi connectivity index (χ3n) is 12.0. The Kier molecular flexibility index (Phi) is 90.6. The first-order valence-corrected chi connectivity index (χ1v) is 35.7. The number of aliphatic hydroxyl groups is 5. The molecule has 0 saturated heterocycles. The summed E-state index contributed by atoms with van der Waals surface area (Å²) in [6.07, 6.45) is 15.9. The molecular formula is C74H142Cl2N14O19S. The summed E-state index contributed by atoms with van der Waals surface area (Å²) in [4.78, 5) is 121. The first-order valence-electron chi connectivity index (χ1n) is 34.1. The van der Waals surface area contributed by atoms with Gasteiger partial charge in [0.25, 0.3) is 10.1 Å². The summed E-state index contributed by atoms with van der Waals surface area (Å²) in [6, 6.07) is 0. The molecule has 0 heterocycles. The van der Waals surface area contributed by atoms with Crippen molar-refractivity contribution in [2.45, 2.75) is 110 Å². The van der Waals surface area contributed by atoms with E-state index >= 15 is 0 Å². The fraction of sp³-hybridized carbons (Fsp3) is 0.581. The number of carbonyl (C=O) groups is 11. The lowest BCUT2D eigenvalue weighted by Gasteiger charge is -2.27. The molecule has 33 nitrogen and oxygen atoms in total. The fourth-order valence-electron chi connectivity index (χ4n) is 6.17. The van der Waals surface area contributed by atoms with Crippen LogP contribution in [0, 0.1) is 0 Å². The molecule has 0 aromatic rings. The van der Waals surface area contributed by atoms with Gasteiger partial charge in [0.15, 0.2) is 0 Å². The van der Waals surface area contributed by atoms with Crippen molar-refractivity contribution >= 4 is 75.0 Å². The van der Waals surface area contributed by atoms with Crippen molar-refractivity contribution in [1.29, 1.82) is 0 Å². The van der Waals surface area contributed by atoms with E-state index in [4.69, 9.17) is 30.1 Å². The van der Waals surface area contributed by atoms with Crippen LogP contribution in [-0.2, 0) is 62.9 Å². The van der Waals surface area contributed by atoms with Gasteiger partial charge in [-0.2, -0.15) is 8.42 Å². The number of likely N-dealkylation sites (N-methyl/N-ethyl adjacent to an activating group) is 2. The highest BCUT2D eigenvalue weighted by molar-refractivity contribution is 7.85. The minimum absolute atomic E-state index is 0. The summed E-state index contributed by atoms with van der Waals surface area (Å²) < 4.78 is 31.3. The van der Waals surface area contributed by atoms with Gasteiger partial charge in [-0.05, 0) is 163 Å². The van der Waals surface area contributed by atoms with Gasteiger partial charge in [0, 0.05) is 69.8 Å². The molecule has 0 aliphatic heterocycles. The van der Waals surface area contributed by atoms with Crippen LogP contribution in [-0.4, -0.2) is 319 Å². The first-order chi connectivity index (χ1) is 49.5. The second-order valence-corrected chi connectivity index (χ2v) is 28.7. The van der Waals surface area contributed by atoms with Gasteiger partial charge in [0.05, 0.1) is 99.6 Å². The second kappa shape index (κ2) is 77.6. The quantitative estimate of drug-likeness (QED) is 0.0117. The van der Waals surface area contributed by atoms with E-state index in [1.54, 1.807) is 13.8 Å². The minimum atomic E-state index is -4.08. The maximum Gasteiger partial charge on any atom is 0.267 e. The molecule has 0 fully saturated rings. The number of hydrogen-bond donors (Lipinski definition) is 16. The van der Waals surface area contributed by atoms with Gasteiger partial charge in [-0.15, -0.1) is 0 Å². The van der Waals surface area contributed by atoms with E-state index in [0.29, 0.717) is 39.0 Å². The third-order valence-corrected chi connectivity index (χ3v) is 13.1. The molecule has 110 heavy (non-hydrogen) atoms. The molecule has 0 radical (unpaired) electrons. The predicted octanol–water partition coefficient (Wildman–Crippen LogP) is -6.09. The number of Topliss-reactive ketones (excluding diaryl/α,β-unsaturated/α-hetero) is 1. The summed E-state index contributed by atoms with van der Waals surface area (Å²) >= 11 is 0. The average molecular weight is 1640 g/mol. The summed E-state index contributed by atoms with van der Waals surface area (Å²) in [6.45, 7) is 53.1. The first kappa shape index (κ1) is 128. The Labute approximate surface area is 670 Å². The normalized spacial score (nSPS) is 10.2. The standard InChI is InChI=1S/C9H18N2O.C9H15NO2.2C8H16N2O.C8H15NO.C7H14N2O.C7H13NO4S.C7H13NO4.C6H11NO2.C5H9NO2.2ClH/c1-5-9(12)10-7-6-8-11(2,3)4;1-5-8(12)10-9(3,4)6-7(2)11;1-5-8(11)9-6-7-10(2,3)4;1-4-8(11)9-6-5-7-10(2)3;1-5-7(10)9-8(3,4)6-2;1-4-7(10)8-5-6-9(2)3;1-4-6(9)8-7(2,3)5-13(10,11)12;1-2-6(12)8-7(3-9,4-10)5-11;1-2-6(9)7-4-3-5-8;1-2-5(8)6-3-4-7;;/h5H,1,6-8H2,2-4H3;5H,1,6H2,2-4H3,(H,10,12);5H,1,6-7H2,2-4H3;4H,1,5-7H2,2-3H3,(H,9,11);5H,1,6H2,2-4H3,(H,9,10);4H,1,5-6H2,2-3H3,(H,8,10);4H,1,5H2,2-3H3,(H,8,9)(H,10,11,12);2,9-11H,1,3-5H2,(H,8,12);2,8H,1,3-5H2,(H,7,9);2,7H,1,3-4H2,(H,6,8);2*1H. The molecule has 0 atom stereocenters. The molecule has 0 saturated carbocycles. The number of halogens is 2. The predicted molar refractivity (Wildman–Crippen MR) is 432 cm³/mol. The molecule has 0 bridgehead atoms. The third kappa shape index (κ3) is 116. The number of aliphatic hydroxyl groups excluding tert-OH is 5. The maximum absolute atomic E-state index is 10.9. The van der Waals surface area contributed by atoms with Crippen LogP contribution in [0.4, 0.5) is 0 Å². The van der Waals surface area contributed by atoms with Crippen molar-refractivity contribution < 1.29 is 125 Å². The van der Waals surface area contributed by atoms with E-state index in [2.05, 4.69) is 166 Å². The molecule has 0 aromatic carbocycles. The van der Waals surface area contributed by atoms with Crippen LogP contribution >= 0.6 is 0 Å². The van der Waals surface area contributed by atoms with Crippen molar-refractivity contribution in [3.05, 3.63) is 127 Å². The van der Waals surface area contributed by atoms with Gasteiger partial charge in [-0.3, -0.25) is 57.3 Å². The number of ketones is 1. The highest BCUT2D eigenvalue weighted by atomic mass is 35.5. The van der Waals surface area contributed by atoms with Gasteiger partial charge in [0.1, 0.15) is 11.3 Å². The number of nitrogens with one attached hydrogen (secondary N) is 10. The summed E-state index contributed by atoms with van der Waals surface area (Å²) in [5, 5.41) is 68.5. The minimum Gasteiger partial charge on any atom is -1.00 e. The van der Waals surface area contributed by atoms with Crippen LogP contribution in [0.5, 0.6) is 0 Å². The lowest BCUT2D eigenvalue weighted by Crippen LogP contribution is -3.00. The number of hydrogen-bond acceptors (Lipinski definition) is 20. The van der Waals surface area contributed by atoms with Crippen LogP contribution in [0.1, 0.15) is 87.5 Å². The largest absolute Gasteiger partial charge is 1.00 e. The Balaban J connectivity index is -0.0000000970. The number of amides is 10. The van der Waals surface area contributed by atoms with E-state index in [1.807, 2.05) is 53.9 Å². The zero-order valence-corrected chi connectivity index (χ0v) is 71.5.